The molecule has 0 aliphatic carbocycles. The van der Waals surface area contributed by atoms with Crippen molar-refractivity contribution in [2.24, 2.45) is 0 Å². The van der Waals surface area contributed by atoms with Crippen molar-refractivity contribution in [3.8, 4) is 0 Å². The van der Waals surface area contributed by atoms with E-state index in [0.717, 1.165) is 12.8 Å². The van der Waals surface area contributed by atoms with E-state index in [4.69, 9.17) is 33.0 Å². The minimum absolute atomic E-state index is 0.0135. The first kappa shape index (κ1) is 12.1. The van der Waals surface area contributed by atoms with E-state index in [1.54, 1.807) is 10.9 Å². The SMILES string of the molecule is OC[C@@H]1CCC(n2cnc3c(Cl)nc(Cl)nc32)O1. The molecule has 2 aromatic heterocycles. The fourth-order valence-electron chi connectivity index (χ4n) is 2.09. The molecule has 18 heavy (non-hydrogen) atoms. The second-order valence-corrected chi connectivity index (χ2v) is 4.78. The fraction of sp³-hybridized carbons (Fsp3) is 0.500. The van der Waals surface area contributed by atoms with Crippen molar-refractivity contribution in [3.05, 3.63) is 16.8 Å². The summed E-state index contributed by atoms with van der Waals surface area (Å²) < 4.78 is 7.44. The molecule has 2 aromatic rings. The minimum atomic E-state index is -0.200. The maximum Gasteiger partial charge on any atom is 0.225 e. The number of ether oxygens (including phenoxy) is 1. The summed E-state index contributed by atoms with van der Waals surface area (Å²) in [4.78, 5) is 12.1. The van der Waals surface area contributed by atoms with Gasteiger partial charge >= 0.3 is 0 Å². The van der Waals surface area contributed by atoms with Gasteiger partial charge in [-0.1, -0.05) is 11.6 Å². The van der Waals surface area contributed by atoms with Gasteiger partial charge in [0, 0.05) is 0 Å². The smallest absolute Gasteiger partial charge is 0.225 e. The molecule has 1 unspecified atom stereocenters. The Hall–Kier alpha value is -0.950. The van der Waals surface area contributed by atoms with E-state index in [0.29, 0.717) is 11.2 Å². The quantitative estimate of drug-likeness (QED) is 0.674. The van der Waals surface area contributed by atoms with Crippen LogP contribution in [-0.2, 0) is 4.74 Å². The maximum absolute atomic E-state index is 9.07. The van der Waals surface area contributed by atoms with Crippen LogP contribution < -0.4 is 0 Å². The van der Waals surface area contributed by atoms with Gasteiger partial charge in [0.05, 0.1) is 19.0 Å². The molecule has 0 spiro atoms. The van der Waals surface area contributed by atoms with Crippen molar-refractivity contribution < 1.29 is 9.84 Å². The average molecular weight is 289 g/mol. The number of halogens is 2. The zero-order valence-electron chi connectivity index (χ0n) is 9.25. The van der Waals surface area contributed by atoms with Crippen LogP contribution >= 0.6 is 23.2 Å². The summed E-state index contributed by atoms with van der Waals surface area (Å²) >= 11 is 11.7. The molecule has 6 nitrogen and oxygen atoms in total. The Kier molecular flexibility index (Phi) is 3.11. The van der Waals surface area contributed by atoms with Crippen LogP contribution in [0.2, 0.25) is 10.4 Å². The predicted octanol–water partition coefficient (Wildman–Crippen LogP) is 1.80. The molecule has 3 rings (SSSR count). The molecular weight excluding hydrogens is 279 g/mol. The molecule has 1 aliphatic heterocycles. The lowest BCUT2D eigenvalue weighted by atomic mass is 10.2. The van der Waals surface area contributed by atoms with E-state index in [9.17, 15) is 0 Å². The number of imidazole rings is 1. The topological polar surface area (TPSA) is 73.1 Å². The molecule has 0 radical (unpaired) electrons. The van der Waals surface area contributed by atoms with Gasteiger partial charge in [-0.15, -0.1) is 0 Å². The molecular formula is C10H10Cl2N4O2. The molecule has 1 N–H and O–H groups in total. The van der Waals surface area contributed by atoms with Gasteiger partial charge in [0.15, 0.2) is 10.8 Å². The van der Waals surface area contributed by atoms with Gasteiger partial charge in [-0.3, -0.25) is 4.57 Å². The molecule has 1 saturated heterocycles. The standard InChI is InChI=1S/C10H10Cl2N4O2/c11-8-7-9(15-10(12)14-8)16(4-13-7)6-2-1-5(3-17)18-6/h4-6,17H,1-3H2/t5-,6?/m0/s1. The van der Waals surface area contributed by atoms with Crippen molar-refractivity contribution in [3.63, 3.8) is 0 Å². The summed E-state index contributed by atoms with van der Waals surface area (Å²) in [5.74, 6) is 0. The molecule has 0 amide bonds. The zero-order valence-corrected chi connectivity index (χ0v) is 10.8. The van der Waals surface area contributed by atoms with Crippen molar-refractivity contribution >= 4 is 34.4 Å². The van der Waals surface area contributed by atoms with E-state index >= 15 is 0 Å². The summed E-state index contributed by atoms with van der Waals surface area (Å²) in [7, 11) is 0. The number of aromatic nitrogens is 4. The normalized spacial score (nSPS) is 23.9. The van der Waals surface area contributed by atoms with Crippen LogP contribution in [0.25, 0.3) is 11.2 Å². The molecule has 1 aliphatic rings. The number of aliphatic hydroxyl groups is 1. The molecule has 3 heterocycles. The molecule has 1 fully saturated rings. The van der Waals surface area contributed by atoms with Gasteiger partial charge in [0.25, 0.3) is 0 Å². The third-order valence-corrected chi connectivity index (χ3v) is 3.38. The highest BCUT2D eigenvalue weighted by atomic mass is 35.5. The van der Waals surface area contributed by atoms with Crippen LogP contribution in [0.5, 0.6) is 0 Å². The first-order valence-electron chi connectivity index (χ1n) is 5.51. The Morgan fingerprint density at radius 3 is 2.94 bits per heavy atom. The molecule has 96 valence electrons. The van der Waals surface area contributed by atoms with Crippen LogP contribution in [0.3, 0.4) is 0 Å². The van der Waals surface area contributed by atoms with Gasteiger partial charge in [0.2, 0.25) is 5.28 Å². The first-order chi connectivity index (χ1) is 8.69. The number of hydrogen-bond donors (Lipinski definition) is 1. The van der Waals surface area contributed by atoms with Crippen LogP contribution in [0, 0.1) is 0 Å². The number of hydrogen-bond acceptors (Lipinski definition) is 5. The lowest BCUT2D eigenvalue weighted by Crippen LogP contribution is -2.14. The van der Waals surface area contributed by atoms with Gasteiger partial charge in [-0.05, 0) is 24.4 Å². The predicted molar refractivity (Wildman–Crippen MR) is 65.6 cm³/mol. The zero-order chi connectivity index (χ0) is 12.7. The maximum atomic E-state index is 9.07. The Labute approximate surface area is 113 Å². The van der Waals surface area contributed by atoms with Gasteiger partial charge in [-0.2, -0.15) is 4.98 Å². The molecule has 8 heteroatoms. The Morgan fingerprint density at radius 1 is 1.39 bits per heavy atom. The molecule has 0 bridgehead atoms. The average Bonchev–Trinajstić information content (AvgIpc) is 2.93. The summed E-state index contributed by atoms with van der Waals surface area (Å²) in [6.45, 7) is 0.0135. The van der Waals surface area contributed by atoms with Crippen molar-refractivity contribution in [1.29, 1.82) is 0 Å². The lowest BCUT2D eigenvalue weighted by molar-refractivity contribution is -0.0207. The highest BCUT2D eigenvalue weighted by Crippen LogP contribution is 2.31. The van der Waals surface area contributed by atoms with Crippen molar-refractivity contribution in [2.75, 3.05) is 6.61 Å². The summed E-state index contributed by atoms with van der Waals surface area (Å²) in [5.41, 5.74) is 1.04. The van der Waals surface area contributed by atoms with Gasteiger partial charge < -0.3 is 9.84 Å². The van der Waals surface area contributed by atoms with Crippen LogP contribution in [0.1, 0.15) is 19.1 Å². The first-order valence-corrected chi connectivity index (χ1v) is 6.26. The van der Waals surface area contributed by atoms with Crippen molar-refractivity contribution in [1.82, 2.24) is 19.5 Å². The summed E-state index contributed by atoms with van der Waals surface area (Å²) in [6.07, 6.45) is 2.85. The van der Waals surface area contributed by atoms with E-state index in [1.807, 2.05) is 0 Å². The second-order valence-electron chi connectivity index (χ2n) is 4.08. The van der Waals surface area contributed by atoms with Crippen LogP contribution in [-0.4, -0.2) is 37.3 Å². The Morgan fingerprint density at radius 2 is 2.22 bits per heavy atom. The summed E-state index contributed by atoms with van der Waals surface area (Å²) in [6, 6.07) is 0. The van der Waals surface area contributed by atoms with E-state index < -0.39 is 0 Å². The number of nitrogens with zero attached hydrogens (tertiary/aromatic N) is 4. The van der Waals surface area contributed by atoms with Crippen LogP contribution in [0.15, 0.2) is 6.33 Å². The number of rotatable bonds is 2. The Bertz CT molecular complexity index is 589. The second kappa shape index (κ2) is 4.62. The Balaban J connectivity index is 2.03. The largest absolute Gasteiger partial charge is 0.394 e. The minimum Gasteiger partial charge on any atom is -0.394 e. The van der Waals surface area contributed by atoms with Gasteiger partial charge in [0.1, 0.15) is 11.7 Å². The van der Waals surface area contributed by atoms with E-state index in [1.165, 1.54) is 0 Å². The highest BCUT2D eigenvalue weighted by molar-refractivity contribution is 6.35. The molecule has 0 saturated carbocycles. The molecule has 2 atom stereocenters. The number of aliphatic hydroxyl groups excluding tert-OH is 1. The van der Waals surface area contributed by atoms with Crippen molar-refractivity contribution in [2.45, 2.75) is 25.2 Å². The fourth-order valence-corrected chi connectivity index (χ4v) is 2.51. The monoisotopic (exact) mass is 288 g/mol. The lowest BCUT2D eigenvalue weighted by Gasteiger charge is -2.13. The summed E-state index contributed by atoms with van der Waals surface area (Å²) in [5, 5.41) is 9.36. The van der Waals surface area contributed by atoms with Crippen LogP contribution in [0.4, 0.5) is 0 Å². The van der Waals surface area contributed by atoms with Gasteiger partial charge in [-0.25, -0.2) is 9.97 Å². The third kappa shape index (κ3) is 1.95. The molecule has 0 aromatic carbocycles. The third-order valence-electron chi connectivity index (χ3n) is 2.95. The van der Waals surface area contributed by atoms with E-state index in [2.05, 4.69) is 15.0 Å². The number of fused-ring (bicyclic) bond motifs is 1. The van der Waals surface area contributed by atoms with E-state index in [-0.39, 0.29) is 29.4 Å². The highest BCUT2D eigenvalue weighted by Gasteiger charge is 2.27.